The van der Waals surface area contributed by atoms with Crippen molar-refractivity contribution in [2.75, 3.05) is 26.8 Å². The predicted molar refractivity (Wildman–Crippen MR) is 92.4 cm³/mol. The average Bonchev–Trinajstić information content (AvgIpc) is 2.46. The van der Waals surface area contributed by atoms with Gasteiger partial charge >= 0.3 is 0 Å². The number of benzene rings is 1. The molecule has 1 saturated heterocycles. The third kappa shape index (κ3) is 4.75. The SMILES string of the molecule is CCOc1cc(CN2CCCC(O)(CC(N)=O)C2)cc(Cl)c1OC. The van der Waals surface area contributed by atoms with Gasteiger partial charge in [-0.2, -0.15) is 0 Å². The van der Waals surface area contributed by atoms with Crippen molar-refractivity contribution in [1.29, 1.82) is 0 Å². The fourth-order valence-corrected chi connectivity index (χ4v) is 3.55. The molecule has 134 valence electrons. The van der Waals surface area contributed by atoms with E-state index in [9.17, 15) is 9.90 Å². The third-order valence-electron chi connectivity index (χ3n) is 4.12. The summed E-state index contributed by atoms with van der Waals surface area (Å²) in [7, 11) is 1.55. The third-order valence-corrected chi connectivity index (χ3v) is 4.40. The van der Waals surface area contributed by atoms with Gasteiger partial charge in [-0.15, -0.1) is 0 Å². The number of amides is 1. The highest BCUT2D eigenvalue weighted by Gasteiger charge is 2.34. The first kappa shape index (κ1) is 18.8. The summed E-state index contributed by atoms with van der Waals surface area (Å²) in [4.78, 5) is 13.3. The average molecular weight is 357 g/mol. The summed E-state index contributed by atoms with van der Waals surface area (Å²) >= 11 is 6.28. The van der Waals surface area contributed by atoms with Gasteiger partial charge in [0.05, 0.1) is 30.8 Å². The molecule has 0 saturated carbocycles. The molecule has 3 N–H and O–H groups in total. The minimum atomic E-state index is -1.05. The summed E-state index contributed by atoms with van der Waals surface area (Å²) < 4.78 is 10.9. The van der Waals surface area contributed by atoms with E-state index in [0.29, 0.717) is 42.6 Å². The Morgan fingerprint density at radius 3 is 2.88 bits per heavy atom. The summed E-state index contributed by atoms with van der Waals surface area (Å²) in [5, 5.41) is 11.0. The van der Waals surface area contributed by atoms with Gasteiger partial charge in [-0.3, -0.25) is 9.69 Å². The molecule has 0 aromatic heterocycles. The molecule has 1 unspecified atom stereocenters. The van der Waals surface area contributed by atoms with Crippen molar-refractivity contribution in [2.24, 2.45) is 5.73 Å². The van der Waals surface area contributed by atoms with Crippen LogP contribution in [-0.2, 0) is 11.3 Å². The Morgan fingerprint density at radius 1 is 1.50 bits per heavy atom. The lowest BCUT2D eigenvalue weighted by atomic mass is 9.89. The standard InChI is InChI=1S/C17H25ClN2O4/c1-3-24-14-8-12(7-13(18)16(14)23-2)10-20-6-4-5-17(22,11-20)9-15(19)21/h7-8,22H,3-6,9-11H2,1-2H3,(H2,19,21). The first-order valence-corrected chi connectivity index (χ1v) is 8.47. The Kier molecular flexibility index (Phi) is 6.32. The molecule has 1 fully saturated rings. The number of ether oxygens (including phenoxy) is 2. The van der Waals surface area contributed by atoms with E-state index in [-0.39, 0.29) is 6.42 Å². The molecule has 1 aromatic carbocycles. The van der Waals surface area contributed by atoms with E-state index in [2.05, 4.69) is 4.90 Å². The predicted octanol–water partition coefficient (Wildman–Crippen LogP) is 1.95. The van der Waals surface area contributed by atoms with Crippen molar-refractivity contribution in [3.8, 4) is 11.5 Å². The Bertz CT molecular complexity index is 596. The summed E-state index contributed by atoms with van der Waals surface area (Å²) in [6.07, 6.45) is 1.38. The zero-order valence-electron chi connectivity index (χ0n) is 14.2. The number of β-amino-alcohol motifs (C(OH)–C–C–N with tert-alkyl or cyclic N) is 1. The molecule has 2 rings (SSSR count). The molecule has 1 aliphatic heterocycles. The van der Waals surface area contributed by atoms with E-state index in [4.69, 9.17) is 26.8 Å². The molecule has 6 nitrogen and oxygen atoms in total. The second-order valence-electron chi connectivity index (χ2n) is 6.22. The van der Waals surface area contributed by atoms with Crippen molar-refractivity contribution in [3.05, 3.63) is 22.7 Å². The molecule has 7 heteroatoms. The number of aliphatic hydroxyl groups is 1. The Hall–Kier alpha value is -1.50. The van der Waals surface area contributed by atoms with Crippen LogP contribution in [-0.4, -0.2) is 48.3 Å². The van der Waals surface area contributed by atoms with E-state index >= 15 is 0 Å². The summed E-state index contributed by atoms with van der Waals surface area (Å²) in [5.74, 6) is 0.642. The van der Waals surface area contributed by atoms with Crippen LogP contribution in [0.2, 0.25) is 5.02 Å². The number of hydrogen-bond donors (Lipinski definition) is 2. The van der Waals surface area contributed by atoms with Crippen LogP contribution >= 0.6 is 11.6 Å². The number of rotatable bonds is 7. The van der Waals surface area contributed by atoms with Gasteiger partial charge < -0.3 is 20.3 Å². The van der Waals surface area contributed by atoms with E-state index in [1.165, 1.54) is 0 Å². The summed E-state index contributed by atoms with van der Waals surface area (Å²) in [6, 6.07) is 3.74. The highest BCUT2D eigenvalue weighted by molar-refractivity contribution is 6.32. The lowest BCUT2D eigenvalue weighted by molar-refractivity contribution is -0.125. The zero-order valence-corrected chi connectivity index (χ0v) is 14.9. The van der Waals surface area contributed by atoms with E-state index in [0.717, 1.165) is 18.5 Å². The lowest BCUT2D eigenvalue weighted by Crippen LogP contribution is -2.49. The number of nitrogens with zero attached hydrogens (tertiary/aromatic N) is 1. The second-order valence-corrected chi connectivity index (χ2v) is 6.63. The molecule has 1 heterocycles. The number of primary amides is 1. The normalized spacial score (nSPS) is 21.5. The quantitative estimate of drug-likeness (QED) is 0.780. The van der Waals surface area contributed by atoms with Crippen LogP contribution in [0, 0.1) is 0 Å². The molecular formula is C17H25ClN2O4. The van der Waals surface area contributed by atoms with Crippen LogP contribution < -0.4 is 15.2 Å². The molecule has 0 spiro atoms. The maximum atomic E-state index is 11.2. The molecule has 0 aliphatic carbocycles. The van der Waals surface area contributed by atoms with Gasteiger partial charge in [0.25, 0.3) is 0 Å². The van der Waals surface area contributed by atoms with Crippen molar-refractivity contribution in [2.45, 2.75) is 38.3 Å². The van der Waals surface area contributed by atoms with Crippen molar-refractivity contribution < 1.29 is 19.4 Å². The van der Waals surface area contributed by atoms with E-state index in [1.54, 1.807) is 7.11 Å². The van der Waals surface area contributed by atoms with Gasteiger partial charge in [-0.1, -0.05) is 11.6 Å². The molecule has 1 aliphatic rings. The fourth-order valence-electron chi connectivity index (χ4n) is 3.24. The van der Waals surface area contributed by atoms with Crippen LogP contribution in [0.1, 0.15) is 31.7 Å². The topological polar surface area (TPSA) is 85.0 Å². The number of halogens is 1. The number of nitrogens with two attached hydrogens (primary N) is 1. The molecule has 24 heavy (non-hydrogen) atoms. The van der Waals surface area contributed by atoms with Gasteiger partial charge in [0, 0.05) is 13.1 Å². The van der Waals surface area contributed by atoms with E-state index < -0.39 is 11.5 Å². The maximum absolute atomic E-state index is 11.2. The maximum Gasteiger partial charge on any atom is 0.220 e. The summed E-state index contributed by atoms with van der Waals surface area (Å²) in [5.41, 5.74) is 5.16. The van der Waals surface area contributed by atoms with Crippen LogP contribution in [0.25, 0.3) is 0 Å². The fraction of sp³-hybridized carbons (Fsp3) is 0.588. The minimum Gasteiger partial charge on any atom is -0.491 e. The Labute approximate surface area is 147 Å². The lowest BCUT2D eigenvalue weighted by Gasteiger charge is -2.38. The molecular weight excluding hydrogens is 332 g/mol. The highest BCUT2D eigenvalue weighted by Crippen LogP contribution is 2.37. The number of carbonyl (C=O) groups excluding carboxylic acids is 1. The van der Waals surface area contributed by atoms with Crippen LogP contribution in [0.4, 0.5) is 0 Å². The largest absolute Gasteiger partial charge is 0.491 e. The van der Waals surface area contributed by atoms with Crippen molar-refractivity contribution in [1.82, 2.24) is 4.90 Å². The number of methoxy groups -OCH3 is 1. The van der Waals surface area contributed by atoms with Crippen molar-refractivity contribution in [3.63, 3.8) is 0 Å². The molecule has 1 aromatic rings. The van der Waals surface area contributed by atoms with Gasteiger partial charge in [0.1, 0.15) is 0 Å². The number of hydrogen-bond acceptors (Lipinski definition) is 5. The number of piperidine rings is 1. The highest BCUT2D eigenvalue weighted by atomic mass is 35.5. The zero-order chi connectivity index (χ0) is 17.7. The monoisotopic (exact) mass is 356 g/mol. The van der Waals surface area contributed by atoms with Gasteiger partial charge in [-0.25, -0.2) is 0 Å². The van der Waals surface area contributed by atoms with Crippen LogP contribution in [0.3, 0.4) is 0 Å². The van der Waals surface area contributed by atoms with Crippen LogP contribution in [0.5, 0.6) is 11.5 Å². The Balaban J connectivity index is 2.14. The van der Waals surface area contributed by atoms with Gasteiger partial charge in [0.2, 0.25) is 5.91 Å². The first-order chi connectivity index (χ1) is 11.4. The number of likely N-dealkylation sites (tertiary alicyclic amines) is 1. The molecule has 0 bridgehead atoms. The molecule has 1 atom stereocenters. The van der Waals surface area contributed by atoms with Gasteiger partial charge in [0.15, 0.2) is 11.5 Å². The second kappa shape index (κ2) is 8.05. The molecule has 0 radical (unpaired) electrons. The van der Waals surface area contributed by atoms with Gasteiger partial charge in [-0.05, 0) is 44.0 Å². The first-order valence-electron chi connectivity index (χ1n) is 8.09. The van der Waals surface area contributed by atoms with Crippen molar-refractivity contribution >= 4 is 17.5 Å². The minimum absolute atomic E-state index is 0.0168. The Morgan fingerprint density at radius 2 is 2.25 bits per heavy atom. The summed E-state index contributed by atoms with van der Waals surface area (Å²) in [6.45, 7) is 4.26. The molecule has 1 amide bonds. The number of carbonyl (C=O) groups is 1. The van der Waals surface area contributed by atoms with Crippen LogP contribution in [0.15, 0.2) is 12.1 Å². The smallest absolute Gasteiger partial charge is 0.220 e. The van der Waals surface area contributed by atoms with E-state index in [1.807, 2.05) is 19.1 Å².